The zero-order valence-corrected chi connectivity index (χ0v) is 38.4. The van der Waals surface area contributed by atoms with E-state index in [0.717, 1.165) is 72.3 Å². The molecular formula is C46H91N9. The Bertz CT molecular complexity index is 1130. The fourth-order valence-electron chi connectivity index (χ4n) is 11.8. The van der Waals surface area contributed by atoms with Crippen LogP contribution in [0.1, 0.15) is 141 Å². The molecule has 320 valence electrons. The van der Waals surface area contributed by atoms with Crippen LogP contribution in [0, 0.1) is 11.8 Å². The summed E-state index contributed by atoms with van der Waals surface area (Å²) in [4.78, 5) is 13.2. The van der Waals surface area contributed by atoms with E-state index in [4.69, 9.17) is 0 Å². The van der Waals surface area contributed by atoms with Gasteiger partial charge in [-0.25, -0.2) is 0 Å². The van der Waals surface area contributed by atoms with Gasteiger partial charge in [0.15, 0.2) is 0 Å². The van der Waals surface area contributed by atoms with Gasteiger partial charge in [0.2, 0.25) is 0 Å². The molecule has 4 N–H and O–H groups in total. The lowest BCUT2D eigenvalue weighted by atomic mass is 9.71. The molecule has 9 heteroatoms. The number of nitrogens with one attached hydrogen (secondary N) is 4. The number of likely N-dealkylation sites (tertiary alicyclic amines) is 2. The fourth-order valence-corrected chi connectivity index (χ4v) is 11.8. The van der Waals surface area contributed by atoms with Crippen LogP contribution in [-0.4, -0.2) is 167 Å². The van der Waals surface area contributed by atoms with E-state index in [0.29, 0.717) is 16.6 Å². The van der Waals surface area contributed by atoms with Gasteiger partial charge >= 0.3 is 0 Å². The molecule has 11 heterocycles. The Morgan fingerprint density at radius 2 is 0.927 bits per heavy atom. The third-order valence-electron chi connectivity index (χ3n) is 15.0. The molecule has 12 aliphatic rings. The molecule has 8 atom stereocenters. The standard InChI is InChI=1S/2C10H20N2.C9H18N2.C9H17N.C8H16N2/c1-10(2,3)12-6-8-4-5-9(7-12)11-8;1-10(2,3)12-8-4-5-9(12)7-11-6-8;1-9(2,3)11-5-7-4-8(6-11)10-7;1-7(2)10-5-8-3-9(4-8)6-10;1-6(2)10-5-7-3-8(10)4-9-7/h2*8-9,11H,4-7H2,1-3H3;7-8,10H,4-6H2,1-3H3;7-9H,3-6H2,1-2H3;6-9H,3-5H2,1-2H3. The van der Waals surface area contributed by atoms with Gasteiger partial charge in [0.05, 0.1) is 0 Å². The van der Waals surface area contributed by atoms with Crippen molar-refractivity contribution in [3.05, 3.63) is 0 Å². The Kier molecular flexibility index (Phi) is 14.5. The highest BCUT2D eigenvalue weighted by atomic mass is 15.3. The Morgan fingerprint density at radius 3 is 1.24 bits per heavy atom. The van der Waals surface area contributed by atoms with E-state index in [2.05, 4.69) is 136 Å². The molecule has 55 heavy (non-hydrogen) atoms. The molecule has 11 saturated heterocycles. The van der Waals surface area contributed by atoms with Crippen LogP contribution >= 0.6 is 0 Å². The molecule has 8 unspecified atom stereocenters. The molecule has 0 aromatic carbocycles. The van der Waals surface area contributed by atoms with Crippen molar-refractivity contribution in [1.82, 2.24) is 45.8 Å². The second-order valence-corrected chi connectivity index (χ2v) is 23.2. The summed E-state index contributed by atoms with van der Waals surface area (Å²) in [5, 5.41) is 14.2. The Hall–Kier alpha value is -0.360. The first kappa shape index (κ1) is 44.2. The van der Waals surface area contributed by atoms with Crippen LogP contribution in [0.4, 0.5) is 0 Å². The van der Waals surface area contributed by atoms with Crippen molar-refractivity contribution in [3.8, 4) is 0 Å². The lowest BCUT2D eigenvalue weighted by Gasteiger charge is -2.52. The van der Waals surface area contributed by atoms with Crippen molar-refractivity contribution in [3.63, 3.8) is 0 Å². The highest BCUT2D eigenvalue weighted by Gasteiger charge is 2.43. The molecular weight excluding hydrogens is 679 g/mol. The summed E-state index contributed by atoms with van der Waals surface area (Å²) in [5.41, 5.74) is 1.11. The largest absolute Gasteiger partial charge is 0.314 e. The predicted molar refractivity (Wildman–Crippen MR) is 234 cm³/mol. The molecule has 12 rings (SSSR count). The number of hydrogen-bond acceptors (Lipinski definition) is 9. The molecule has 0 amide bonds. The summed E-state index contributed by atoms with van der Waals surface area (Å²) in [7, 11) is 0. The first-order valence-corrected chi connectivity index (χ1v) is 23.5. The minimum absolute atomic E-state index is 0.364. The number of rotatable bonds is 2. The molecule has 0 aromatic heterocycles. The number of fused-ring (bicyclic) bond motifs is 10. The highest BCUT2D eigenvalue weighted by molar-refractivity contribution is 5.02. The monoisotopic (exact) mass is 770 g/mol. The van der Waals surface area contributed by atoms with Crippen molar-refractivity contribution >= 4 is 0 Å². The maximum Gasteiger partial charge on any atom is 0.0239 e. The second kappa shape index (κ2) is 18.1. The summed E-state index contributed by atoms with van der Waals surface area (Å²) >= 11 is 0. The van der Waals surface area contributed by atoms with E-state index in [9.17, 15) is 0 Å². The van der Waals surface area contributed by atoms with Crippen molar-refractivity contribution < 1.29 is 0 Å². The molecule has 10 bridgehead atoms. The van der Waals surface area contributed by atoms with Crippen LogP contribution in [0.5, 0.6) is 0 Å². The minimum Gasteiger partial charge on any atom is -0.314 e. The zero-order chi connectivity index (χ0) is 39.9. The van der Waals surface area contributed by atoms with E-state index in [1.165, 1.54) is 117 Å². The van der Waals surface area contributed by atoms with Crippen LogP contribution in [0.3, 0.4) is 0 Å². The molecule has 0 aromatic rings. The van der Waals surface area contributed by atoms with Crippen molar-refractivity contribution in [2.24, 2.45) is 11.8 Å². The highest BCUT2D eigenvalue weighted by Crippen LogP contribution is 2.40. The predicted octanol–water partition coefficient (Wildman–Crippen LogP) is 5.45. The minimum atomic E-state index is 0.364. The normalized spacial score (nSPS) is 38.5. The van der Waals surface area contributed by atoms with E-state index < -0.39 is 0 Å². The summed E-state index contributed by atoms with van der Waals surface area (Å²) in [6.45, 7) is 42.8. The second-order valence-electron chi connectivity index (χ2n) is 23.2. The summed E-state index contributed by atoms with van der Waals surface area (Å²) < 4.78 is 0. The lowest BCUT2D eigenvalue weighted by molar-refractivity contribution is 0.00980. The Balaban J connectivity index is 0.000000117. The van der Waals surface area contributed by atoms with Gasteiger partial charge in [-0.05, 0) is 153 Å². The van der Waals surface area contributed by atoms with Gasteiger partial charge in [-0.3, -0.25) is 19.6 Å². The van der Waals surface area contributed by atoms with Crippen LogP contribution in [-0.2, 0) is 0 Å². The van der Waals surface area contributed by atoms with Gasteiger partial charge in [0, 0.05) is 142 Å². The topological polar surface area (TPSA) is 64.3 Å². The average Bonchev–Trinajstić information content (AvgIpc) is 3.87. The quantitative estimate of drug-likeness (QED) is 0.294. The first-order chi connectivity index (χ1) is 25.7. The molecule has 9 nitrogen and oxygen atoms in total. The van der Waals surface area contributed by atoms with E-state index >= 15 is 0 Å². The van der Waals surface area contributed by atoms with Crippen molar-refractivity contribution in [1.29, 1.82) is 0 Å². The molecule has 11 aliphatic heterocycles. The molecule has 12 fully saturated rings. The average molecular weight is 770 g/mol. The zero-order valence-electron chi connectivity index (χ0n) is 38.4. The SMILES string of the molecule is CC(C)(C)N1C2CCC1CNC2.CC(C)(C)N1CC2CC(C1)N2.CC(C)(C)N1CC2CCC(C1)N2.CC(C)N1CC2CC(C2)C1.CC(C)N1CC2CC1CN2. The van der Waals surface area contributed by atoms with E-state index in [1.54, 1.807) is 0 Å². The van der Waals surface area contributed by atoms with Gasteiger partial charge < -0.3 is 26.2 Å². The number of piperazine rings is 4. The van der Waals surface area contributed by atoms with E-state index in [1.807, 2.05) is 0 Å². The third kappa shape index (κ3) is 11.7. The maximum absolute atomic E-state index is 3.65. The summed E-state index contributed by atoms with van der Waals surface area (Å²) in [6.07, 6.45) is 11.4. The molecule has 1 saturated carbocycles. The summed E-state index contributed by atoms with van der Waals surface area (Å²) in [5.74, 6) is 2.14. The Labute approximate surface area is 340 Å². The first-order valence-electron chi connectivity index (χ1n) is 23.5. The van der Waals surface area contributed by atoms with Crippen LogP contribution in [0.2, 0.25) is 0 Å². The van der Waals surface area contributed by atoms with Crippen molar-refractivity contribution in [2.45, 2.75) is 218 Å². The van der Waals surface area contributed by atoms with Crippen LogP contribution in [0.25, 0.3) is 0 Å². The van der Waals surface area contributed by atoms with E-state index in [-0.39, 0.29) is 0 Å². The maximum atomic E-state index is 3.65. The fraction of sp³-hybridized carbons (Fsp3) is 1.00. The third-order valence-corrected chi connectivity index (χ3v) is 15.0. The molecule has 0 spiro atoms. The van der Waals surface area contributed by atoms with Crippen LogP contribution in [0.15, 0.2) is 0 Å². The van der Waals surface area contributed by atoms with Gasteiger partial charge in [-0.2, -0.15) is 0 Å². The van der Waals surface area contributed by atoms with Gasteiger partial charge in [-0.15, -0.1) is 0 Å². The molecule has 1 aliphatic carbocycles. The number of piperidine rings is 3. The Morgan fingerprint density at radius 1 is 0.455 bits per heavy atom. The summed E-state index contributed by atoms with van der Waals surface area (Å²) in [6, 6.07) is 7.97. The molecule has 0 radical (unpaired) electrons. The van der Waals surface area contributed by atoms with Crippen LogP contribution < -0.4 is 21.3 Å². The number of nitrogens with zero attached hydrogens (tertiary/aromatic N) is 5. The van der Waals surface area contributed by atoms with Gasteiger partial charge in [0.1, 0.15) is 0 Å². The van der Waals surface area contributed by atoms with Crippen molar-refractivity contribution in [2.75, 3.05) is 65.4 Å². The smallest absolute Gasteiger partial charge is 0.0239 e. The number of hydrogen-bond donors (Lipinski definition) is 4. The van der Waals surface area contributed by atoms with Gasteiger partial charge in [0.25, 0.3) is 0 Å². The van der Waals surface area contributed by atoms with Gasteiger partial charge in [-0.1, -0.05) is 0 Å². The lowest BCUT2D eigenvalue weighted by Crippen LogP contribution is -2.69.